The maximum absolute atomic E-state index is 12.4. The van der Waals surface area contributed by atoms with Crippen molar-refractivity contribution in [2.24, 2.45) is 0 Å². The fraction of sp³-hybridized carbons (Fsp3) is 0.579. The van der Waals surface area contributed by atoms with Crippen molar-refractivity contribution in [1.29, 1.82) is 0 Å². The highest BCUT2D eigenvalue weighted by Crippen LogP contribution is 2.13. The van der Waals surface area contributed by atoms with Crippen molar-refractivity contribution in [3.63, 3.8) is 0 Å². The van der Waals surface area contributed by atoms with Crippen LogP contribution in [0.1, 0.15) is 31.2 Å². The summed E-state index contributed by atoms with van der Waals surface area (Å²) in [6.45, 7) is 4.20. The SMILES string of the molecule is COc1ccc(CCC(=O)N2CCN(CCCCC(=O)O)CC2)cc1. The lowest BCUT2D eigenvalue weighted by Gasteiger charge is -2.34. The average Bonchev–Trinajstić information content (AvgIpc) is 2.64. The number of methoxy groups -OCH3 is 1. The summed E-state index contributed by atoms with van der Waals surface area (Å²) < 4.78 is 5.14. The molecule has 1 saturated heterocycles. The van der Waals surface area contributed by atoms with E-state index in [4.69, 9.17) is 9.84 Å². The summed E-state index contributed by atoms with van der Waals surface area (Å²) in [4.78, 5) is 27.1. The van der Waals surface area contributed by atoms with Crippen molar-refractivity contribution in [1.82, 2.24) is 9.80 Å². The Hall–Kier alpha value is -2.08. The molecular formula is C19H28N2O4. The Kier molecular flexibility index (Phi) is 7.73. The maximum atomic E-state index is 12.4. The molecule has 1 aliphatic rings. The predicted octanol–water partition coefficient (Wildman–Crippen LogP) is 2.03. The second-order valence-corrected chi connectivity index (χ2v) is 6.42. The zero-order valence-electron chi connectivity index (χ0n) is 14.9. The van der Waals surface area contributed by atoms with Gasteiger partial charge in [0.15, 0.2) is 0 Å². The van der Waals surface area contributed by atoms with E-state index in [9.17, 15) is 9.59 Å². The number of aliphatic carboxylic acids is 1. The van der Waals surface area contributed by atoms with Crippen LogP contribution in [0, 0.1) is 0 Å². The van der Waals surface area contributed by atoms with Gasteiger partial charge in [0.25, 0.3) is 0 Å². The van der Waals surface area contributed by atoms with E-state index in [-0.39, 0.29) is 12.3 Å². The Morgan fingerprint density at radius 1 is 1.04 bits per heavy atom. The van der Waals surface area contributed by atoms with Crippen molar-refractivity contribution in [3.05, 3.63) is 29.8 Å². The van der Waals surface area contributed by atoms with Crippen molar-refractivity contribution in [2.75, 3.05) is 39.8 Å². The molecule has 1 aromatic rings. The van der Waals surface area contributed by atoms with Gasteiger partial charge in [0.1, 0.15) is 5.75 Å². The van der Waals surface area contributed by atoms with Crippen LogP contribution in [-0.4, -0.2) is 66.6 Å². The minimum Gasteiger partial charge on any atom is -0.497 e. The molecule has 0 spiro atoms. The summed E-state index contributed by atoms with van der Waals surface area (Å²) in [6.07, 6.45) is 3.14. The van der Waals surface area contributed by atoms with Crippen LogP contribution in [0.3, 0.4) is 0 Å². The number of piperazine rings is 1. The first kappa shape index (κ1) is 19.2. The Morgan fingerprint density at radius 3 is 2.32 bits per heavy atom. The van der Waals surface area contributed by atoms with Crippen LogP contribution >= 0.6 is 0 Å². The molecule has 0 atom stereocenters. The van der Waals surface area contributed by atoms with Crippen molar-refractivity contribution in [2.45, 2.75) is 32.1 Å². The molecule has 1 fully saturated rings. The lowest BCUT2D eigenvalue weighted by molar-refractivity contribution is -0.137. The molecule has 1 aromatic carbocycles. The highest BCUT2D eigenvalue weighted by molar-refractivity contribution is 5.76. The van der Waals surface area contributed by atoms with Crippen molar-refractivity contribution in [3.8, 4) is 5.75 Å². The lowest BCUT2D eigenvalue weighted by atomic mass is 10.1. The molecule has 25 heavy (non-hydrogen) atoms. The number of aryl methyl sites for hydroxylation is 1. The summed E-state index contributed by atoms with van der Waals surface area (Å²) in [5.74, 6) is 0.308. The van der Waals surface area contributed by atoms with Gasteiger partial charge in [-0.2, -0.15) is 0 Å². The summed E-state index contributed by atoms with van der Waals surface area (Å²) in [7, 11) is 1.64. The van der Waals surface area contributed by atoms with Gasteiger partial charge in [-0.05, 0) is 43.5 Å². The van der Waals surface area contributed by atoms with E-state index in [1.54, 1.807) is 7.11 Å². The normalized spacial score (nSPS) is 15.2. The van der Waals surface area contributed by atoms with E-state index in [0.29, 0.717) is 6.42 Å². The molecule has 0 aliphatic carbocycles. The molecule has 0 saturated carbocycles. The predicted molar refractivity (Wildman–Crippen MR) is 95.8 cm³/mol. The van der Waals surface area contributed by atoms with Crippen molar-refractivity contribution < 1.29 is 19.4 Å². The number of hydrogen-bond acceptors (Lipinski definition) is 4. The number of carbonyl (C=O) groups is 2. The molecule has 1 heterocycles. The Bertz CT molecular complexity index is 551. The molecule has 6 heteroatoms. The number of carboxylic acids is 1. The van der Waals surface area contributed by atoms with E-state index in [0.717, 1.165) is 63.3 Å². The zero-order chi connectivity index (χ0) is 18.1. The first-order valence-electron chi connectivity index (χ1n) is 8.93. The van der Waals surface area contributed by atoms with Gasteiger partial charge in [-0.1, -0.05) is 12.1 Å². The molecular weight excluding hydrogens is 320 g/mol. The van der Waals surface area contributed by atoms with Crippen molar-refractivity contribution >= 4 is 11.9 Å². The fourth-order valence-electron chi connectivity index (χ4n) is 3.03. The third-order valence-electron chi connectivity index (χ3n) is 4.63. The lowest BCUT2D eigenvalue weighted by Crippen LogP contribution is -2.48. The highest BCUT2D eigenvalue weighted by Gasteiger charge is 2.20. The number of amides is 1. The molecule has 0 aromatic heterocycles. The molecule has 0 unspecified atom stereocenters. The molecule has 0 radical (unpaired) electrons. The van der Waals surface area contributed by atoms with Crippen LogP contribution in [-0.2, 0) is 16.0 Å². The van der Waals surface area contributed by atoms with Gasteiger partial charge in [0, 0.05) is 39.0 Å². The first-order valence-corrected chi connectivity index (χ1v) is 8.93. The second kappa shape index (κ2) is 10.0. The Balaban J connectivity index is 1.64. The van der Waals surface area contributed by atoms with E-state index >= 15 is 0 Å². The number of rotatable bonds is 9. The number of benzene rings is 1. The standard InChI is InChI=1S/C19H28N2O4/c1-25-17-8-5-16(6-9-17)7-10-18(22)21-14-12-20(13-15-21)11-3-2-4-19(23)24/h5-6,8-9H,2-4,7,10-15H2,1H3,(H,23,24). The van der Waals surface area contributed by atoms with Gasteiger partial charge in [-0.25, -0.2) is 0 Å². The van der Waals surface area contributed by atoms with Gasteiger partial charge >= 0.3 is 5.97 Å². The quantitative estimate of drug-likeness (QED) is 0.692. The van der Waals surface area contributed by atoms with E-state index in [1.165, 1.54) is 0 Å². The van der Waals surface area contributed by atoms with E-state index < -0.39 is 5.97 Å². The monoisotopic (exact) mass is 348 g/mol. The van der Waals surface area contributed by atoms with Crippen LogP contribution in [0.15, 0.2) is 24.3 Å². The van der Waals surface area contributed by atoms with Gasteiger partial charge in [-0.15, -0.1) is 0 Å². The number of unbranched alkanes of at least 4 members (excludes halogenated alkanes) is 1. The van der Waals surface area contributed by atoms with Crippen LogP contribution in [0.25, 0.3) is 0 Å². The average molecular weight is 348 g/mol. The third kappa shape index (κ3) is 6.74. The van der Waals surface area contributed by atoms with E-state index in [2.05, 4.69) is 4.90 Å². The summed E-state index contributed by atoms with van der Waals surface area (Å²) in [6, 6.07) is 7.84. The van der Waals surface area contributed by atoms with Gasteiger partial charge in [-0.3, -0.25) is 14.5 Å². The maximum Gasteiger partial charge on any atom is 0.303 e. The summed E-state index contributed by atoms with van der Waals surface area (Å²) >= 11 is 0. The zero-order valence-corrected chi connectivity index (χ0v) is 14.9. The minimum absolute atomic E-state index is 0.210. The van der Waals surface area contributed by atoms with Crippen LogP contribution < -0.4 is 4.74 Å². The van der Waals surface area contributed by atoms with Gasteiger partial charge < -0.3 is 14.7 Å². The molecule has 1 aliphatic heterocycles. The third-order valence-corrected chi connectivity index (χ3v) is 4.63. The van der Waals surface area contributed by atoms with Crippen LogP contribution in [0.5, 0.6) is 5.75 Å². The van der Waals surface area contributed by atoms with Crippen LogP contribution in [0.2, 0.25) is 0 Å². The molecule has 0 bridgehead atoms. The molecule has 1 N–H and O–H groups in total. The molecule has 1 amide bonds. The van der Waals surface area contributed by atoms with Crippen LogP contribution in [0.4, 0.5) is 0 Å². The van der Waals surface area contributed by atoms with Gasteiger partial charge in [0.2, 0.25) is 5.91 Å². The molecule has 138 valence electrons. The van der Waals surface area contributed by atoms with Gasteiger partial charge in [0.05, 0.1) is 7.11 Å². The number of carboxylic acid groups (broad SMARTS) is 1. The number of hydrogen-bond donors (Lipinski definition) is 1. The Labute approximate surface area is 149 Å². The summed E-state index contributed by atoms with van der Waals surface area (Å²) in [5, 5.41) is 8.64. The number of carbonyl (C=O) groups excluding carboxylic acids is 1. The number of nitrogens with zero attached hydrogens (tertiary/aromatic N) is 2. The largest absolute Gasteiger partial charge is 0.497 e. The van der Waals surface area contributed by atoms with E-state index in [1.807, 2.05) is 29.2 Å². The first-order chi connectivity index (χ1) is 12.1. The molecule has 2 rings (SSSR count). The topological polar surface area (TPSA) is 70.1 Å². The summed E-state index contributed by atoms with van der Waals surface area (Å²) in [5.41, 5.74) is 1.14. The fourth-order valence-corrected chi connectivity index (χ4v) is 3.03. The smallest absolute Gasteiger partial charge is 0.303 e. The highest BCUT2D eigenvalue weighted by atomic mass is 16.5. The number of ether oxygens (including phenoxy) is 1. The Morgan fingerprint density at radius 2 is 1.72 bits per heavy atom. The minimum atomic E-state index is -0.729. The second-order valence-electron chi connectivity index (χ2n) is 6.42. The molecule has 6 nitrogen and oxygen atoms in total.